The van der Waals surface area contributed by atoms with Crippen molar-refractivity contribution in [1.29, 1.82) is 0 Å². The Morgan fingerprint density at radius 2 is 2.04 bits per heavy atom. The lowest BCUT2D eigenvalue weighted by molar-refractivity contribution is -0.188. The Morgan fingerprint density at radius 1 is 1.28 bits per heavy atom. The summed E-state index contributed by atoms with van der Waals surface area (Å²) in [5.41, 5.74) is 0.173. The molecule has 3 rings (SSSR count). The highest BCUT2D eigenvalue weighted by Gasteiger charge is 2.58. The smallest absolute Gasteiger partial charge is 0.191 e. The molecule has 3 fully saturated rings. The molecule has 5 unspecified atom stereocenters. The van der Waals surface area contributed by atoms with Gasteiger partial charge < -0.3 is 15.4 Å². The van der Waals surface area contributed by atoms with Gasteiger partial charge in [0.1, 0.15) is 0 Å². The van der Waals surface area contributed by atoms with Crippen molar-refractivity contribution < 1.29 is 4.74 Å². The minimum Gasteiger partial charge on any atom is -0.377 e. The molecule has 0 radical (unpaired) electrons. The molecule has 0 aromatic carbocycles. The first-order chi connectivity index (χ1) is 11.8. The van der Waals surface area contributed by atoms with Crippen molar-refractivity contribution in [3.63, 3.8) is 0 Å². The zero-order valence-electron chi connectivity index (χ0n) is 17.0. The summed E-state index contributed by atoms with van der Waals surface area (Å²) in [5.74, 6) is 2.26. The first-order valence-corrected chi connectivity index (χ1v) is 10.3. The van der Waals surface area contributed by atoms with E-state index in [0.717, 1.165) is 25.7 Å². The molecule has 5 heteroatoms. The summed E-state index contributed by atoms with van der Waals surface area (Å²) in [6.07, 6.45) is 2.86. The lowest BCUT2D eigenvalue weighted by Gasteiger charge is -2.60. The van der Waals surface area contributed by atoms with Gasteiger partial charge in [0.25, 0.3) is 0 Å². The number of hydrogen-bond acceptors (Lipinski definition) is 3. The van der Waals surface area contributed by atoms with Gasteiger partial charge in [-0.15, -0.1) is 0 Å². The van der Waals surface area contributed by atoms with E-state index in [2.05, 4.69) is 57.1 Å². The monoisotopic (exact) mass is 350 g/mol. The average Bonchev–Trinajstić information content (AvgIpc) is 2.94. The van der Waals surface area contributed by atoms with Crippen molar-refractivity contribution in [2.75, 3.05) is 26.2 Å². The molecule has 1 aliphatic carbocycles. The number of aliphatic imine (C=N–C) groups is 1. The quantitative estimate of drug-likeness (QED) is 0.604. The van der Waals surface area contributed by atoms with Gasteiger partial charge >= 0.3 is 0 Å². The van der Waals surface area contributed by atoms with Gasteiger partial charge in [-0.25, -0.2) is 0 Å². The van der Waals surface area contributed by atoms with Gasteiger partial charge in [-0.1, -0.05) is 20.8 Å². The number of likely N-dealkylation sites (tertiary alicyclic amines) is 1. The lowest BCUT2D eigenvalue weighted by atomic mass is 9.55. The third kappa shape index (κ3) is 3.68. The van der Waals surface area contributed by atoms with Gasteiger partial charge in [0.05, 0.1) is 6.10 Å². The van der Waals surface area contributed by atoms with E-state index in [4.69, 9.17) is 9.73 Å². The molecule has 0 aromatic rings. The molecular formula is C20H38N4O. The van der Waals surface area contributed by atoms with Crippen molar-refractivity contribution in [1.82, 2.24) is 15.5 Å². The van der Waals surface area contributed by atoms with E-state index in [9.17, 15) is 0 Å². The molecule has 3 aliphatic rings. The molecule has 5 nitrogen and oxygen atoms in total. The second-order valence-corrected chi connectivity index (χ2v) is 9.14. The van der Waals surface area contributed by atoms with Crippen LogP contribution in [0.5, 0.6) is 0 Å². The standard InChI is InChI=1S/C20H38N4O/c1-7-21-19(22-16-12-24(13(2)3)11-14(16)4)23-17-15-9-8-10-25-18(15)20(17,5)6/h13-18H,7-12H2,1-6H3,(H2,21,22,23). The van der Waals surface area contributed by atoms with E-state index in [1.165, 1.54) is 19.4 Å². The van der Waals surface area contributed by atoms with Crippen LogP contribution in [0.2, 0.25) is 0 Å². The van der Waals surface area contributed by atoms with Gasteiger partial charge in [-0.2, -0.15) is 0 Å². The Hall–Kier alpha value is -0.810. The van der Waals surface area contributed by atoms with Gasteiger partial charge in [0, 0.05) is 55.7 Å². The van der Waals surface area contributed by atoms with E-state index in [1.54, 1.807) is 0 Å². The van der Waals surface area contributed by atoms with Crippen LogP contribution in [-0.2, 0) is 4.74 Å². The molecule has 0 aromatic heterocycles. The molecule has 144 valence electrons. The summed E-state index contributed by atoms with van der Waals surface area (Å²) < 4.78 is 6.05. The van der Waals surface area contributed by atoms with Crippen LogP contribution >= 0.6 is 0 Å². The minimum absolute atomic E-state index is 0.173. The molecule has 2 N–H and O–H groups in total. The van der Waals surface area contributed by atoms with E-state index < -0.39 is 0 Å². The van der Waals surface area contributed by atoms with Gasteiger partial charge in [-0.3, -0.25) is 9.89 Å². The molecule has 2 heterocycles. The second kappa shape index (κ2) is 7.43. The summed E-state index contributed by atoms with van der Waals surface area (Å²) in [5, 5.41) is 7.52. The maximum absolute atomic E-state index is 6.05. The van der Waals surface area contributed by atoms with Crippen molar-refractivity contribution in [3.05, 3.63) is 0 Å². The minimum atomic E-state index is 0.173. The van der Waals surface area contributed by atoms with Crippen LogP contribution in [-0.4, -0.2) is 61.3 Å². The Morgan fingerprint density at radius 3 is 2.68 bits per heavy atom. The SMILES string of the molecule is CCN=C(NC1CN(C(C)C)CC1C)NC1C2CCCOC2C1(C)C. The second-order valence-electron chi connectivity index (χ2n) is 9.14. The molecule has 2 saturated heterocycles. The van der Waals surface area contributed by atoms with Crippen molar-refractivity contribution in [3.8, 4) is 0 Å². The molecular weight excluding hydrogens is 312 g/mol. The van der Waals surface area contributed by atoms with Crippen molar-refractivity contribution in [2.24, 2.45) is 22.2 Å². The van der Waals surface area contributed by atoms with Crippen molar-refractivity contribution in [2.45, 2.75) is 78.6 Å². The first kappa shape index (κ1) is 19.0. The zero-order valence-corrected chi connectivity index (χ0v) is 17.0. The summed E-state index contributed by atoms with van der Waals surface area (Å²) in [6.45, 7) is 17.7. The molecule has 0 bridgehead atoms. The van der Waals surface area contributed by atoms with Crippen LogP contribution in [0.15, 0.2) is 4.99 Å². The van der Waals surface area contributed by atoms with Crippen LogP contribution in [0.25, 0.3) is 0 Å². The molecule has 2 aliphatic heterocycles. The maximum Gasteiger partial charge on any atom is 0.191 e. The van der Waals surface area contributed by atoms with E-state index in [1.807, 2.05) is 0 Å². The predicted octanol–water partition coefficient (Wildman–Crippen LogP) is 2.47. The number of ether oxygens (including phenoxy) is 1. The van der Waals surface area contributed by atoms with Crippen LogP contribution in [0.4, 0.5) is 0 Å². The Kier molecular flexibility index (Phi) is 5.64. The van der Waals surface area contributed by atoms with Gasteiger partial charge in [-0.05, 0) is 39.5 Å². The summed E-state index contributed by atoms with van der Waals surface area (Å²) in [6, 6.07) is 1.54. The van der Waals surface area contributed by atoms with Gasteiger partial charge in [0.2, 0.25) is 0 Å². The number of nitrogens with zero attached hydrogens (tertiary/aromatic N) is 2. The Labute approximate surface area is 154 Å². The van der Waals surface area contributed by atoms with Crippen molar-refractivity contribution >= 4 is 5.96 Å². The summed E-state index contributed by atoms with van der Waals surface area (Å²) in [7, 11) is 0. The highest BCUT2D eigenvalue weighted by molar-refractivity contribution is 5.81. The molecule has 0 spiro atoms. The maximum atomic E-state index is 6.05. The van der Waals surface area contributed by atoms with Crippen LogP contribution < -0.4 is 10.6 Å². The van der Waals surface area contributed by atoms with Crippen LogP contribution in [0.1, 0.15) is 54.4 Å². The summed E-state index contributed by atoms with van der Waals surface area (Å²) in [4.78, 5) is 7.31. The topological polar surface area (TPSA) is 48.9 Å². The average molecular weight is 351 g/mol. The highest BCUT2D eigenvalue weighted by atomic mass is 16.5. The summed E-state index contributed by atoms with van der Waals surface area (Å²) >= 11 is 0. The number of hydrogen-bond donors (Lipinski definition) is 2. The molecule has 25 heavy (non-hydrogen) atoms. The Balaban J connectivity index is 1.63. The predicted molar refractivity (Wildman–Crippen MR) is 104 cm³/mol. The molecule has 5 atom stereocenters. The van der Waals surface area contributed by atoms with E-state index >= 15 is 0 Å². The number of nitrogens with one attached hydrogen (secondary N) is 2. The zero-order chi connectivity index (χ0) is 18.2. The first-order valence-electron chi connectivity index (χ1n) is 10.3. The Bertz CT molecular complexity index is 490. The normalized spacial score (nSPS) is 38.4. The van der Waals surface area contributed by atoms with E-state index in [0.29, 0.717) is 36.1 Å². The lowest BCUT2D eigenvalue weighted by Crippen LogP contribution is -2.71. The van der Waals surface area contributed by atoms with E-state index in [-0.39, 0.29) is 5.41 Å². The fourth-order valence-corrected chi connectivity index (χ4v) is 5.04. The fourth-order valence-electron chi connectivity index (χ4n) is 5.04. The largest absolute Gasteiger partial charge is 0.377 e. The third-order valence-electron chi connectivity index (χ3n) is 6.63. The number of guanidine groups is 1. The third-order valence-corrected chi connectivity index (χ3v) is 6.63. The fraction of sp³-hybridized carbons (Fsp3) is 0.950. The number of fused-ring (bicyclic) bond motifs is 1. The number of rotatable bonds is 4. The molecule has 0 amide bonds. The van der Waals surface area contributed by atoms with Crippen LogP contribution in [0, 0.1) is 17.3 Å². The molecule has 1 saturated carbocycles. The van der Waals surface area contributed by atoms with Gasteiger partial charge in [0.15, 0.2) is 5.96 Å². The highest BCUT2D eigenvalue weighted by Crippen LogP contribution is 2.51. The van der Waals surface area contributed by atoms with Crippen LogP contribution in [0.3, 0.4) is 0 Å².